The predicted octanol–water partition coefficient (Wildman–Crippen LogP) is 3.32. The summed E-state index contributed by atoms with van der Waals surface area (Å²) < 4.78 is 10.9. The monoisotopic (exact) mass is 360 g/mol. The van der Waals surface area contributed by atoms with Crippen LogP contribution in [0.5, 0.6) is 11.5 Å². The van der Waals surface area contributed by atoms with Crippen molar-refractivity contribution in [1.82, 2.24) is 9.80 Å². The summed E-state index contributed by atoms with van der Waals surface area (Å²) in [5.74, 6) is 2.11. The number of hydrogen-bond acceptors (Lipinski definition) is 4. The molecule has 1 amide bonds. The van der Waals surface area contributed by atoms with Crippen molar-refractivity contribution < 1.29 is 14.3 Å². The van der Waals surface area contributed by atoms with Crippen LogP contribution in [0.2, 0.25) is 0 Å². The standard InChI is InChI=1S/C21H32N2O3/c1-22-12-10-16(11-13-22)21(24)23(18-6-4-5-7-18)15-17-14-19(25-2)8-9-20(17)26-3/h8-9,14,16,18H,4-7,10-13,15H2,1-3H3. The van der Waals surface area contributed by atoms with Crippen molar-refractivity contribution in [3.05, 3.63) is 23.8 Å². The van der Waals surface area contributed by atoms with E-state index in [2.05, 4.69) is 16.8 Å². The SMILES string of the molecule is COc1ccc(OC)c(CN(C(=O)C2CCN(C)CC2)C2CCCC2)c1. The molecule has 3 rings (SSSR count). The number of carbonyl (C=O) groups excluding carboxylic acids is 1. The lowest BCUT2D eigenvalue weighted by atomic mass is 9.94. The van der Waals surface area contributed by atoms with Gasteiger partial charge in [0, 0.05) is 24.1 Å². The van der Waals surface area contributed by atoms with Gasteiger partial charge in [-0.3, -0.25) is 4.79 Å². The molecule has 2 aliphatic rings. The highest BCUT2D eigenvalue weighted by atomic mass is 16.5. The molecule has 1 aromatic carbocycles. The van der Waals surface area contributed by atoms with E-state index in [-0.39, 0.29) is 5.92 Å². The first-order valence-corrected chi connectivity index (χ1v) is 9.82. The van der Waals surface area contributed by atoms with Crippen LogP contribution in [0.1, 0.15) is 44.1 Å². The van der Waals surface area contributed by atoms with Crippen LogP contribution >= 0.6 is 0 Å². The maximum absolute atomic E-state index is 13.4. The molecule has 1 aliphatic heterocycles. The van der Waals surface area contributed by atoms with Crippen LogP contribution in [0.4, 0.5) is 0 Å². The summed E-state index contributed by atoms with van der Waals surface area (Å²) >= 11 is 0. The molecule has 5 heteroatoms. The first-order chi connectivity index (χ1) is 12.6. The van der Waals surface area contributed by atoms with E-state index in [4.69, 9.17) is 9.47 Å². The minimum absolute atomic E-state index is 0.156. The Labute approximate surface area is 157 Å². The van der Waals surface area contributed by atoms with Crippen LogP contribution in [-0.4, -0.2) is 56.1 Å². The fourth-order valence-electron chi connectivity index (χ4n) is 4.28. The van der Waals surface area contributed by atoms with Crippen LogP contribution in [0.15, 0.2) is 18.2 Å². The van der Waals surface area contributed by atoms with Gasteiger partial charge in [-0.25, -0.2) is 0 Å². The highest BCUT2D eigenvalue weighted by Gasteiger charge is 2.33. The second-order valence-corrected chi connectivity index (χ2v) is 7.66. The molecule has 0 unspecified atom stereocenters. The number of amides is 1. The van der Waals surface area contributed by atoms with Crippen molar-refractivity contribution in [2.75, 3.05) is 34.4 Å². The molecule has 1 saturated heterocycles. The van der Waals surface area contributed by atoms with Crippen molar-refractivity contribution >= 4 is 5.91 Å². The maximum atomic E-state index is 13.4. The number of hydrogen-bond donors (Lipinski definition) is 0. The third kappa shape index (κ3) is 4.32. The molecule has 0 aromatic heterocycles. The van der Waals surface area contributed by atoms with Crippen molar-refractivity contribution in [2.45, 2.75) is 51.1 Å². The smallest absolute Gasteiger partial charge is 0.226 e. The highest BCUT2D eigenvalue weighted by molar-refractivity contribution is 5.79. The summed E-state index contributed by atoms with van der Waals surface area (Å²) in [7, 11) is 5.49. The van der Waals surface area contributed by atoms with Gasteiger partial charge in [-0.05, 0) is 64.0 Å². The third-order valence-corrected chi connectivity index (χ3v) is 5.94. The number of benzene rings is 1. The van der Waals surface area contributed by atoms with E-state index in [1.165, 1.54) is 12.8 Å². The Kier molecular flexibility index (Phi) is 6.41. The highest BCUT2D eigenvalue weighted by Crippen LogP contribution is 2.32. The summed E-state index contributed by atoms with van der Waals surface area (Å²) in [6.07, 6.45) is 6.60. The second-order valence-electron chi connectivity index (χ2n) is 7.66. The summed E-state index contributed by atoms with van der Waals surface area (Å²) in [4.78, 5) is 17.8. The molecular weight excluding hydrogens is 328 g/mol. The third-order valence-electron chi connectivity index (χ3n) is 5.94. The van der Waals surface area contributed by atoms with Gasteiger partial charge in [0.25, 0.3) is 0 Å². The van der Waals surface area contributed by atoms with Crippen LogP contribution in [0, 0.1) is 5.92 Å². The van der Waals surface area contributed by atoms with Crippen molar-refractivity contribution in [3.8, 4) is 11.5 Å². The summed E-state index contributed by atoms with van der Waals surface area (Å²) in [5.41, 5.74) is 1.03. The number of ether oxygens (including phenoxy) is 2. The molecule has 1 heterocycles. The number of carbonyl (C=O) groups is 1. The molecule has 0 spiro atoms. The van der Waals surface area contributed by atoms with E-state index in [0.29, 0.717) is 18.5 Å². The topological polar surface area (TPSA) is 42.0 Å². The first kappa shape index (κ1) is 19.0. The molecule has 2 fully saturated rings. The molecule has 0 bridgehead atoms. The number of likely N-dealkylation sites (tertiary alicyclic amines) is 1. The van der Waals surface area contributed by atoms with Crippen LogP contribution in [0.3, 0.4) is 0 Å². The lowest BCUT2D eigenvalue weighted by Gasteiger charge is -2.36. The van der Waals surface area contributed by atoms with E-state index < -0.39 is 0 Å². The quantitative estimate of drug-likeness (QED) is 0.780. The number of rotatable bonds is 6. The van der Waals surface area contributed by atoms with Crippen LogP contribution in [-0.2, 0) is 11.3 Å². The number of methoxy groups -OCH3 is 2. The van der Waals surface area contributed by atoms with E-state index in [9.17, 15) is 4.79 Å². The Morgan fingerprint density at radius 3 is 2.42 bits per heavy atom. The Morgan fingerprint density at radius 1 is 1.12 bits per heavy atom. The minimum Gasteiger partial charge on any atom is -0.497 e. The zero-order valence-corrected chi connectivity index (χ0v) is 16.4. The van der Waals surface area contributed by atoms with Gasteiger partial charge in [-0.2, -0.15) is 0 Å². The van der Waals surface area contributed by atoms with Gasteiger partial charge < -0.3 is 19.3 Å². The van der Waals surface area contributed by atoms with Gasteiger partial charge in [-0.1, -0.05) is 12.8 Å². The maximum Gasteiger partial charge on any atom is 0.226 e. The predicted molar refractivity (Wildman–Crippen MR) is 103 cm³/mol. The van der Waals surface area contributed by atoms with Crippen LogP contribution < -0.4 is 9.47 Å². The van der Waals surface area contributed by atoms with E-state index in [1.807, 2.05) is 18.2 Å². The average molecular weight is 360 g/mol. The lowest BCUT2D eigenvalue weighted by Crippen LogP contribution is -2.45. The van der Waals surface area contributed by atoms with Gasteiger partial charge in [0.2, 0.25) is 5.91 Å². The van der Waals surface area contributed by atoms with E-state index >= 15 is 0 Å². The first-order valence-electron chi connectivity index (χ1n) is 9.82. The molecule has 144 valence electrons. The van der Waals surface area contributed by atoms with E-state index in [1.54, 1.807) is 14.2 Å². The minimum atomic E-state index is 0.156. The van der Waals surface area contributed by atoms with E-state index in [0.717, 1.165) is 55.8 Å². The van der Waals surface area contributed by atoms with Crippen LogP contribution in [0.25, 0.3) is 0 Å². The fourth-order valence-corrected chi connectivity index (χ4v) is 4.28. The second kappa shape index (κ2) is 8.76. The zero-order chi connectivity index (χ0) is 18.5. The van der Waals surface area contributed by atoms with Gasteiger partial charge in [-0.15, -0.1) is 0 Å². The molecule has 0 radical (unpaired) electrons. The molecule has 1 saturated carbocycles. The molecule has 1 aromatic rings. The Bertz CT molecular complexity index is 605. The molecule has 0 atom stereocenters. The summed E-state index contributed by atoms with van der Waals surface area (Å²) in [6, 6.07) is 6.20. The Hall–Kier alpha value is -1.75. The molecule has 26 heavy (non-hydrogen) atoms. The molecule has 0 N–H and O–H groups in total. The van der Waals surface area contributed by atoms with Crippen molar-refractivity contribution in [2.24, 2.45) is 5.92 Å². The molecule has 1 aliphatic carbocycles. The fraction of sp³-hybridized carbons (Fsp3) is 0.667. The summed E-state index contributed by atoms with van der Waals surface area (Å²) in [5, 5.41) is 0. The Balaban J connectivity index is 1.81. The van der Waals surface area contributed by atoms with Gasteiger partial charge >= 0.3 is 0 Å². The van der Waals surface area contributed by atoms with Gasteiger partial charge in [0.05, 0.1) is 14.2 Å². The molecule has 5 nitrogen and oxygen atoms in total. The number of piperidine rings is 1. The van der Waals surface area contributed by atoms with Crippen molar-refractivity contribution in [1.29, 1.82) is 0 Å². The van der Waals surface area contributed by atoms with Gasteiger partial charge in [0.15, 0.2) is 0 Å². The normalized spacial score (nSPS) is 19.5. The molecular formula is C21H32N2O3. The van der Waals surface area contributed by atoms with Gasteiger partial charge in [0.1, 0.15) is 11.5 Å². The van der Waals surface area contributed by atoms with Crippen molar-refractivity contribution in [3.63, 3.8) is 0 Å². The Morgan fingerprint density at radius 2 is 1.81 bits per heavy atom. The summed E-state index contributed by atoms with van der Waals surface area (Å²) in [6.45, 7) is 2.63. The largest absolute Gasteiger partial charge is 0.497 e. The lowest BCUT2D eigenvalue weighted by molar-refractivity contribution is -0.140. The number of nitrogens with zero attached hydrogens (tertiary/aromatic N) is 2. The zero-order valence-electron chi connectivity index (χ0n) is 16.4. The average Bonchev–Trinajstić information content (AvgIpc) is 3.20.